The largest absolute Gasteiger partial charge is 0.464 e. The molecule has 0 amide bonds. The van der Waals surface area contributed by atoms with Gasteiger partial charge in [-0.1, -0.05) is 18.2 Å². The standard InChI is InChI=1S/C24H22N4O3/c29-22-12-20(26-24(27-22)19-8-3-4-10-25-19)16-6-5-11-28(13-16)14-17-15-31-21-9-2-1-7-18(21)23(17)30/h1-4,7-10,12,15-16H,5-6,11,13-14H2,(H,26,27,29)/t16-/m0/s1. The van der Waals surface area contributed by atoms with E-state index in [9.17, 15) is 9.59 Å². The van der Waals surface area contributed by atoms with Gasteiger partial charge in [-0.05, 0) is 43.7 Å². The fraction of sp³-hybridized carbons (Fsp3) is 0.250. The van der Waals surface area contributed by atoms with E-state index in [1.54, 1.807) is 30.7 Å². The van der Waals surface area contributed by atoms with Gasteiger partial charge in [0, 0.05) is 36.8 Å². The Kier molecular flexibility index (Phi) is 5.18. The van der Waals surface area contributed by atoms with Crippen LogP contribution < -0.4 is 11.0 Å². The van der Waals surface area contributed by atoms with Gasteiger partial charge >= 0.3 is 0 Å². The Morgan fingerprint density at radius 2 is 2.00 bits per heavy atom. The maximum absolute atomic E-state index is 12.8. The maximum atomic E-state index is 12.8. The van der Waals surface area contributed by atoms with Crippen molar-refractivity contribution in [3.63, 3.8) is 0 Å². The van der Waals surface area contributed by atoms with Gasteiger partial charge in [0.25, 0.3) is 5.56 Å². The van der Waals surface area contributed by atoms with E-state index in [1.165, 1.54) is 0 Å². The van der Waals surface area contributed by atoms with Crippen LogP contribution in [0.25, 0.3) is 22.5 Å². The highest BCUT2D eigenvalue weighted by Gasteiger charge is 2.24. The number of H-pyrrole nitrogens is 1. The number of pyridine rings is 1. The molecule has 4 heterocycles. The van der Waals surface area contributed by atoms with E-state index in [2.05, 4.69) is 14.9 Å². The molecular formula is C24H22N4O3. The molecule has 1 aromatic carbocycles. The lowest BCUT2D eigenvalue weighted by Gasteiger charge is -2.32. The average molecular weight is 414 g/mol. The van der Waals surface area contributed by atoms with Crippen LogP contribution in [0.15, 0.2) is 75.0 Å². The molecule has 0 aliphatic carbocycles. The SMILES string of the molecule is O=c1cc([C@H]2CCCN(Cc3coc4ccccc4c3=O)C2)nc(-c2ccccn2)[nH]1. The third kappa shape index (κ3) is 4.04. The van der Waals surface area contributed by atoms with Crippen LogP contribution in [0.2, 0.25) is 0 Å². The Morgan fingerprint density at radius 1 is 1.13 bits per heavy atom. The molecule has 0 bridgehead atoms. The van der Waals surface area contributed by atoms with Gasteiger partial charge in [0.15, 0.2) is 11.3 Å². The summed E-state index contributed by atoms with van der Waals surface area (Å²) in [6.07, 6.45) is 5.16. The molecule has 7 heteroatoms. The molecule has 1 saturated heterocycles. The number of hydrogen-bond donors (Lipinski definition) is 1. The number of nitrogens with one attached hydrogen (secondary N) is 1. The summed E-state index contributed by atoms with van der Waals surface area (Å²) in [5, 5.41) is 0.602. The molecule has 31 heavy (non-hydrogen) atoms. The van der Waals surface area contributed by atoms with Gasteiger partial charge in [0.2, 0.25) is 0 Å². The summed E-state index contributed by atoms with van der Waals surface area (Å²) >= 11 is 0. The molecule has 1 aliphatic heterocycles. The van der Waals surface area contributed by atoms with Crippen molar-refractivity contribution in [2.24, 2.45) is 0 Å². The summed E-state index contributed by atoms with van der Waals surface area (Å²) in [5.74, 6) is 0.599. The number of likely N-dealkylation sites (tertiary alicyclic amines) is 1. The molecule has 0 spiro atoms. The highest BCUT2D eigenvalue weighted by Crippen LogP contribution is 2.27. The first-order chi connectivity index (χ1) is 15.2. The predicted molar refractivity (Wildman–Crippen MR) is 118 cm³/mol. The molecule has 156 valence electrons. The van der Waals surface area contributed by atoms with Crippen LogP contribution in [0.5, 0.6) is 0 Å². The minimum atomic E-state index is -0.182. The summed E-state index contributed by atoms with van der Waals surface area (Å²) in [6.45, 7) is 2.13. The molecule has 0 radical (unpaired) electrons. The number of nitrogens with zero attached hydrogens (tertiary/aromatic N) is 3. The summed E-state index contributed by atoms with van der Waals surface area (Å²) in [7, 11) is 0. The lowest BCUT2D eigenvalue weighted by molar-refractivity contribution is 0.197. The van der Waals surface area contributed by atoms with Crippen molar-refractivity contribution in [1.29, 1.82) is 0 Å². The Balaban J connectivity index is 1.39. The second kappa shape index (κ2) is 8.28. The molecule has 1 fully saturated rings. The van der Waals surface area contributed by atoms with Gasteiger partial charge in [-0.15, -0.1) is 0 Å². The number of aromatic nitrogens is 3. The first-order valence-corrected chi connectivity index (χ1v) is 10.4. The van der Waals surface area contributed by atoms with Crippen LogP contribution in [0.1, 0.15) is 30.0 Å². The van der Waals surface area contributed by atoms with Crippen molar-refractivity contribution in [3.05, 3.63) is 92.8 Å². The summed E-state index contributed by atoms with van der Waals surface area (Å²) < 4.78 is 5.67. The van der Waals surface area contributed by atoms with Crippen molar-refractivity contribution in [1.82, 2.24) is 19.9 Å². The summed E-state index contributed by atoms with van der Waals surface area (Å²) in [6, 6.07) is 14.4. The lowest BCUT2D eigenvalue weighted by atomic mass is 9.94. The van der Waals surface area contributed by atoms with E-state index in [0.29, 0.717) is 34.6 Å². The van der Waals surface area contributed by atoms with Crippen molar-refractivity contribution in [2.45, 2.75) is 25.3 Å². The van der Waals surface area contributed by atoms with Crippen molar-refractivity contribution < 1.29 is 4.42 Å². The molecular weight excluding hydrogens is 392 g/mol. The van der Waals surface area contributed by atoms with E-state index < -0.39 is 0 Å². The molecule has 1 aliphatic rings. The quantitative estimate of drug-likeness (QED) is 0.551. The van der Waals surface area contributed by atoms with E-state index in [4.69, 9.17) is 9.40 Å². The topological polar surface area (TPSA) is 92.1 Å². The minimum absolute atomic E-state index is 0.00990. The van der Waals surface area contributed by atoms with Gasteiger partial charge in [-0.2, -0.15) is 0 Å². The van der Waals surface area contributed by atoms with Gasteiger partial charge in [0.05, 0.1) is 17.3 Å². The normalized spacial score (nSPS) is 17.1. The number of piperidine rings is 1. The molecule has 1 atom stereocenters. The van der Waals surface area contributed by atoms with Gasteiger partial charge in [-0.3, -0.25) is 19.5 Å². The molecule has 0 unspecified atom stereocenters. The van der Waals surface area contributed by atoms with Crippen LogP contribution in [-0.4, -0.2) is 32.9 Å². The zero-order chi connectivity index (χ0) is 21.2. The van der Waals surface area contributed by atoms with Gasteiger partial charge < -0.3 is 9.40 Å². The highest BCUT2D eigenvalue weighted by molar-refractivity contribution is 5.76. The van der Waals surface area contributed by atoms with Crippen molar-refractivity contribution >= 4 is 11.0 Å². The monoisotopic (exact) mass is 414 g/mol. The Hall–Kier alpha value is -3.58. The van der Waals surface area contributed by atoms with Crippen LogP contribution in [-0.2, 0) is 6.54 Å². The third-order valence-electron chi connectivity index (χ3n) is 5.74. The molecule has 3 aromatic heterocycles. The second-order valence-electron chi connectivity index (χ2n) is 7.89. The Morgan fingerprint density at radius 3 is 2.87 bits per heavy atom. The van der Waals surface area contributed by atoms with Crippen LogP contribution in [0, 0.1) is 0 Å². The molecule has 4 aromatic rings. The highest BCUT2D eigenvalue weighted by atomic mass is 16.3. The smallest absolute Gasteiger partial charge is 0.251 e. The minimum Gasteiger partial charge on any atom is -0.464 e. The fourth-order valence-electron chi connectivity index (χ4n) is 4.22. The maximum Gasteiger partial charge on any atom is 0.251 e. The zero-order valence-electron chi connectivity index (χ0n) is 17.0. The summed E-state index contributed by atoms with van der Waals surface area (Å²) in [4.78, 5) is 39.1. The first kappa shape index (κ1) is 19.4. The molecule has 1 N–H and O–H groups in total. The van der Waals surface area contributed by atoms with Gasteiger partial charge in [0.1, 0.15) is 11.3 Å². The third-order valence-corrected chi connectivity index (χ3v) is 5.74. The van der Waals surface area contributed by atoms with E-state index in [0.717, 1.165) is 31.6 Å². The molecule has 5 rings (SSSR count). The number of benzene rings is 1. The number of hydrogen-bond acceptors (Lipinski definition) is 6. The van der Waals surface area contributed by atoms with Crippen LogP contribution in [0.4, 0.5) is 0 Å². The second-order valence-corrected chi connectivity index (χ2v) is 7.89. The first-order valence-electron chi connectivity index (χ1n) is 10.4. The number of rotatable bonds is 4. The lowest BCUT2D eigenvalue weighted by Crippen LogP contribution is -2.36. The fourth-order valence-corrected chi connectivity index (χ4v) is 4.22. The van der Waals surface area contributed by atoms with Crippen molar-refractivity contribution in [2.75, 3.05) is 13.1 Å². The number of aromatic amines is 1. The van der Waals surface area contributed by atoms with Gasteiger partial charge in [-0.25, -0.2) is 4.98 Å². The van der Waals surface area contributed by atoms with E-state index >= 15 is 0 Å². The molecule has 7 nitrogen and oxygen atoms in total. The van der Waals surface area contributed by atoms with Crippen molar-refractivity contribution in [3.8, 4) is 11.5 Å². The molecule has 0 saturated carbocycles. The Bertz CT molecular complexity index is 1330. The van der Waals surface area contributed by atoms with E-state index in [-0.39, 0.29) is 16.9 Å². The van der Waals surface area contributed by atoms with Crippen LogP contribution in [0.3, 0.4) is 0 Å². The number of fused-ring (bicyclic) bond motifs is 1. The zero-order valence-corrected chi connectivity index (χ0v) is 17.0. The summed E-state index contributed by atoms with van der Waals surface area (Å²) in [5.41, 5.74) is 2.48. The van der Waals surface area contributed by atoms with Crippen LogP contribution >= 0.6 is 0 Å². The average Bonchev–Trinajstić information content (AvgIpc) is 2.81. The Labute approximate surface area is 178 Å². The predicted octanol–water partition coefficient (Wildman–Crippen LogP) is 3.32. The van der Waals surface area contributed by atoms with E-state index in [1.807, 2.05) is 30.3 Å². The number of para-hydroxylation sites is 1.